The molecule has 1 N–H and O–H groups in total. The summed E-state index contributed by atoms with van der Waals surface area (Å²) in [7, 11) is -3.51. The molecule has 1 amide bonds. The SMILES string of the molecule is CS(=O)(=O)c1ncccc1NC(=O)c1ccc(C2CC2)nc1. The highest BCUT2D eigenvalue weighted by molar-refractivity contribution is 7.90. The largest absolute Gasteiger partial charge is 0.319 e. The molecule has 0 aromatic carbocycles. The Morgan fingerprint density at radius 1 is 1.23 bits per heavy atom. The van der Waals surface area contributed by atoms with Crippen LogP contribution in [0.15, 0.2) is 41.7 Å². The highest BCUT2D eigenvalue weighted by Crippen LogP contribution is 2.38. The Bertz CT molecular complexity index is 812. The van der Waals surface area contributed by atoms with E-state index in [1.807, 2.05) is 6.07 Å². The Labute approximate surface area is 128 Å². The first-order valence-electron chi connectivity index (χ1n) is 6.87. The lowest BCUT2D eigenvalue weighted by Gasteiger charge is -2.09. The molecular weight excluding hydrogens is 302 g/mol. The van der Waals surface area contributed by atoms with Gasteiger partial charge in [0, 0.05) is 30.3 Å². The summed E-state index contributed by atoms with van der Waals surface area (Å²) in [5, 5.41) is 2.43. The number of nitrogens with one attached hydrogen (secondary N) is 1. The van der Waals surface area contributed by atoms with Crippen LogP contribution in [0.1, 0.15) is 34.8 Å². The second kappa shape index (κ2) is 5.49. The third-order valence-electron chi connectivity index (χ3n) is 3.41. The van der Waals surface area contributed by atoms with E-state index in [4.69, 9.17) is 0 Å². The van der Waals surface area contributed by atoms with Gasteiger partial charge in [-0.1, -0.05) is 0 Å². The van der Waals surface area contributed by atoms with Gasteiger partial charge in [-0.25, -0.2) is 13.4 Å². The lowest BCUT2D eigenvalue weighted by molar-refractivity contribution is 0.102. The van der Waals surface area contributed by atoms with Crippen LogP contribution < -0.4 is 5.32 Å². The zero-order valence-electron chi connectivity index (χ0n) is 12.0. The third-order valence-corrected chi connectivity index (χ3v) is 4.44. The van der Waals surface area contributed by atoms with E-state index in [1.54, 1.807) is 12.1 Å². The molecule has 1 aliphatic carbocycles. The van der Waals surface area contributed by atoms with Crippen molar-refractivity contribution in [2.75, 3.05) is 11.6 Å². The Kier molecular flexibility index (Phi) is 3.66. The molecular formula is C15H15N3O3S. The molecule has 2 heterocycles. The van der Waals surface area contributed by atoms with Crippen molar-refractivity contribution < 1.29 is 13.2 Å². The van der Waals surface area contributed by atoms with Gasteiger partial charge in [-0.3, -0.25) is 9.78 Å². The van der Waals surface area contributed by atoms with Gasteiger partial charge in [0.15, 0.2) is 14.9 Å². The van der Waals surface area contributed by atoms with Gasteiger partial charge >= 0.3 is 0 Å². The summed E-state index contributed by atoms with van der Waals surface area (Å²) < 4.78 is 23.3. The number of sulfone groups is 1. The van der Waals surface area contributed by atoms with E-state index in [-0.39, 0.29) is 10.7 Å². The summed E-state index contributed by atoms with van der Waals surface area (Å²) in [6.07, 6.45) is 6.23. The molecule has 2 aromatic rings. The molecule has 2 aromatic heterocycles. The smallest absolute Gasteiger partial charge is 0.257 e. The summed E-state index contributed by atoms with van der Waals surface area (Å²) in [5.74, 6) is 0.111. The van der Waals surface area contributed by atoms with Crippen molar-refractivity contribution >= 4 is 21.4 Å². The van der Waals surface area contributed by atoms with E-state index >= 15 is 0 Å². The summed E-state index contributed by atoms with van der Waals surface area (Å²) in [6, 6.07) is 6.62. The van der Waals surface area contributed by atoms with Crippen molar-refractivity contribution in [1.82, 2.24) is 9.97 Å². The first-order chi connectivity index (χ1) is 10.4. The summed E-state index contributed by atoms with van der Waals surface area (Å²) in [6.45, 7) is 0. The van der Waals surface area contributed by atoms with Crippen LogP contribution in [0.2, 0.25) is 0 Å². The van der Waals surface area contributed by atoms with Crippen LogP contribution in [0.4, 0.5) is 5.69 Å². The molecule has 3 rings (SSSR count). The average Bonchev–Trinajstić information content (AvgIpc) is 3.31. The van der Waals surface area contributed by atoms with Crippen LogP contribution in [-0.2, 0) is 9.84 Å². The molecule has 6 nitrogen and oxygen atoms in total. The number of hydrogen-bond donors (Lipinski definition) is 1. The molecule has 1 fully saturated rings. The predicted molar refractivity (Wildman–Crippen MR) is 81.5 cm³/mol. The maximum Gasteiger partial charge on any atom is 0.257 e. The van der Waals surface area contributed by atoms with Crippen molar-refractivity contribution in [3.05, 3.63) is 47.9 Å². The maximum absolute atomic E-state index is 12.2. The number of anilines is 1. The number of carbonyl (C=O) groups is 1. The third kappa shape index (κ3) is 3.14. The quantitative estimate of drug-likeness (QED) is 0.931. The fourth-order valence-electron chi connectivity index (χ4n) is 2.14. The molecule has 1 aliphatic rings. The molecule has 114 valence electrons. The first kappa shape index (κ1) is 14.6. The molecule has 0 radical (unpaired) electrons. The number of pyridine rings is 2. The standard InChI is InChI=1S/C15H15N3O3S/c1-22(20,21)15-13(3-2-8-16-15)18-14(19)11-6-7-12(17-9-11)10-4-5-10/h2-3,6-10H,4-5H2,1H3,(H,18,19). The molecule has 1 saturated carbocycles. The van der Waals surface area contributed by atoms with Gasteiger partial charge in [0.1, 0.15) is 0 Å². The number of carbonyl (C=O) groups excluding carboxylic acids is 1. The van der Waals surface area contributed by atoms with Crippen LogP contribution in [0.5, 0.6) is 0 Å². The molecule has 0 atom stereocenters. The minimum absolute atomic E-state index is 0.147. The average molecular weight is 317 g/mol. The number of hydrogen-bond acceptors (Lipinski definition) is 5. The highest BCUT2D eigenvalue weighted by Gasteiger charge is 2.25. The van der Waals surface area contributed by atoms with E-state index in [0.717, 1.165) is 24.8 Å². The summed E-state index contributed by atoms with van der Waals surface area (Å²) >= 11 is 0. The van der Waals surface area contributed by atoms with Crippen LogP contribution >= 0.6 is 0 Å². The second-order valence-electron chi connectivity index (χ2n) is 5.33. The maximum atomic E-state index is 12.2. The highest BCUT2D eigenvalue weighted by atomic mass is 32.2. The first-order valence-corrected chi connectivity index (χ1v) is 8.76. The number of rotatable bonds is 4. The normalized spacial score (nSPS) is 14.6. The fourth-order valence-corrected chi connectivity index (χ4v) is 2.91. The Balaban J connectivity index is 1.82. The zero-order valence-corrected chi connectivity index (χ0v) is 12.8. The minimum Gasteiger partial charge on any atom is -0.319 e. The van der Waals surface area contributed by atoms with E-state index in [1.165, 1.54) is 18.5 Å². The number of amides is 1. The monoisotopic (exact) mass is 317 g/mol. The van der Waals surface area contributed by atoms with Gasteiger partial charge in [0.25, 0.3) is 5.91 Å². The van der Waals surface area contributed by atoms with Crippen molar-refractivity contribution in [2.24, 2.45) is 0 Å². The fraction of sp³-hybridized carbons (Fsp3) is 0.267. The number of nitrogens with zero attached hydrogens (tertiary/aromatic N) is 2. The van der Waals surface area contributed by atoms with Crippen LogP contribution in [0.25, 0.3) is 0 Å². The Morgan fingerprint density at radius 2 is 2.00 bits per heavy atom. The van der Waals surface area contributed by atoms with Crippen molar-refractivity contribution in [2.45, 2.75) is 23.8 Å². The topological polar surface area (TPSA) is 89.0 Å². The Hall–Kier alpha value is -2.28. The van der Waals surface area contributed by atoms with E-state index < -0.39 is 15.7 Å². The number of aromatic nitrogens is 2. The van der Waals surface area contributed by atoms with Crippen molar-refractivity contribution in [1.29, 1.82) is 0 Å². The van der Waals surface area contributed by atoms with E-state index in [2.05, 4.69) is 15.3 Å². The second-order valence-corrected chi connectivity index (χ2v) is 7.26. The van der Waals surface area contributed by atoms with Gasteiger partial charge in [-0.05, 0) is 37.1 Å². The van der Waals surface area contributed by atoms with Gasteiger partial charge in [-0.15, -0.1) is 0 Å². The molecule has 0 spiro atoms. The molecule has 22 heavy (non-hydrogen) atoms. The van der Waals surface area contributed by atoms with E-state index in [0.29, 0.717) is 11.5 Å². The van der Waals surface area contributed by atoms with Crippen molar-refractivity contribution in [3.63, 3.8) is 0 Å². The molecule has 0 unspecified atom stereocenters. The molecule has 0 aliphatic heterocycles. The van der Waals surface area contributed by atoms with Crippen LogP contribution in [0, 0.1) is 0 Å². The van der Waals surface area contributed by atoms with E-state index in [9.17, 15) is 13.2 Å². The van der Waals surface area contributed by atoms with Crippen LogP contribution in [0.3, 0.4) is 0 Å². The van der Waals surface area contributed by atoms with Crippen LogP contribution in [-0.4, -0.2) is 30.5 Å². The zero-order chi connectivity index (χ0) is 15.7. The Morgan fingerprint density at radius 3 is 2.59 bits per heavy atom. The molecule has 0 bridgehead atoms. The molecule has 0 saturated heterocycles. The minimum atomic E-state index is -3.51. The molecule has 7 heteroatoms. The van der Waals surface area contributed by atoms with Crippen molar-refractivity contribution in [3.8, 4) is 0 Å². The van der Waals surface area contributed by atoms with Gasteiger partial charge in [0.2, 0.25) is 0 Å². The van der Waals surface area contributed by atoms with Gasteiger partial charge in [0.05, 0.1) is 11.3 Å². The lowest BCUT2D eigenvalue weighted by Crippen LogP contribution is -2.15. The summed E-state index contributed by atoms with van der Waals surface area (Å²) in [5.41, 5.74) is 1.55. The lowest BCUT2D eigenvalue weighted by atomic mass is 10.2. The predicted octanol–water partition coefficient (Wildman–Crippen LogP) is 2.01. The van der Waals surface area contributed by atoms with Gasteiger partial charge in [-0.2, -0.15) is 0 Å². The summed E-state index contributed by atoms with van der Waals surface area (Å²) in [4.78, 5) is 20.3. The van der Waals surface area contributed by atoms with Gasteiger partial charge < -0.3 is 5.32 Å².